The van der Waals surface area contributed by atoms with Crippen molar-refractivity contribution in [2.24, 2.45) is 0 Å². The smallest absolute Gasteiger partial charge is 0.214 e. The second kappa shape index (κ2) is 6.51. The molecule has 7 heteroatoms. The molecule has 0 aromatic carbocycles. The van der Waals surface area contributed by atoms with Crippen LogP contribution in [-0.4, -0.2) is 19.9 Å². The minimum atomic E-state index is -0.746. The lowest BCUT2D eigenvalue weighted by Gasteiger charge is -2.12. The summed E-state index contributed by atoms with van der Waals surface area (Å²) in [4.78, 5) is 16.1. The normalized spacial score (nSPS) is 12.9. The van der Waals surface area contributed by atoms with E-state index in [0.717, 1.165) is 53.8 Å². The van der Waals surface area contributed by atoms with Crippen molar-refractivity contribution in [1.82, 2.24) is 19.9 Å². The summed E-state index contributed by atoms with van der Waals surface area (Å²) in [5.41, 5.74) is 3.88. The average molecular weight is 340 g/mol. The summed E-state index contributed by atoms with van der Waals surface area (Å²) in [5.74, 6) is -1.01. The lowest BCUT2D eigenvalue weighted by molar-refractivity contribution is 0.280. The number of ether oxygens (including phenoxy) is 1. The van der Waals surface area contributed by atoms with Crippen molar-refractivity contribution < 1.29 is 13.5 Å². The van der Waals surface area contributed by atoms with E-state index in [2.05, 4.69) is 19.9 Å². The van der Waals surface area contributed by atoms with Crippen molar-refractivity contribution in [3.63, 3.8) is 0 Å². The van der Waals surface area contributed by atoms with E-state index in [-0.39, 0.29) is 12.3 Å². The van der Waals surface area contributed by atoms with Crippen molar-refractivity contribution in [2.75, 3.05) is 0 Å². The maximum Gasteiger partial charge on any atom is 0.214 e. The van der Waals surface area contributed by atoms with E-state index in [1.165, 1.54) is 6.33 Å². The highest BCUT2D eigenvalue weighted by Crippen LogP contribution is 2.33. The summed E-state index contributed by atoms with van der Waals surface area (Å²) in [6.07, 6.45) is 7.76. The van der Waals surface area contributed by atoms with Gasteiger partial charge in [0.15, 0.2) is 0 Å². The molecule has 0 amide bonds. The van der Waals surface area contributed by atoms with Gasteiger partial charge in [-0.15, -0.1) is 0 Å². The molecular formula is C18H14F2N4O. The molecule has 0 bridgehead atoms. The van der Waals surface area contributed by atoms with E-state index in [0.29, 0.717) is 5.88 Å². The first kappa shape index (κ1) is 15.6. The SMILES string of the molecule is Fc1ccc(F)c(COc2cc(-c3cncnc3)c3c(n2)CCC3)n1. The standard InChI is InChI=1S/C18H14F2N4O/c19-14-4-5-17(20)23-16(14)9-25-18-6-13(11-7-21-10-22-8-11)12-2-1-3-15(12)24-18/h4-8,10H,1-3,9H2. The van der Waals surface area contributed by atoms with Gasteiger partial charge in [-0.05, 0) is 42.5 Å². The van der Waals surface area contributed by atoms with Gasteiger partial charge >= 0.3 is 0 Å². The van der Waals surface area contributed by atoms with Gasteiger partial charge in [0, 0.05) is 29.7 Å². The largest absolute Gasteiger partial charge is 0.471 e. The minimum absolute atomic E-state index is 0.0908. The first-order valence-corrected chi connectivity index (χ1v) is 7.92. The Hall–Kier alpha value is -2.96. The van der Waals surface area contributed by atoms with Crippen LogP contribution >= 0.6 is 0 Å². The number of hydrogen-bond donors (Lipinski definition) is 0. The molecule has 3 aromatic rings. The molecule has 126 valence electrons. The van der Waals surface area contributed by atoms with Crippen LogP contribution < -0.4 is 4.74 Å². The Labute approximate surface area is 142 Å². The van der Waals surface area contributed by atoms with Gasteiger partial charge in [0.1, 0.15) is 24.4 Å². The first-order valence-electron chi connectivity index (χ1n) is 7.92. The Kier molecular flexibility index (Phi) is 4.05. The summed E-state index contributed by atoms with van der Waals surface area (Å²) in [7, 11) is 0. The maximum absolute atomic E-state index is 13.7. The number of aryl methyl sites for hydroxylation is 1. The van der Waals surface area contributed by atoms with Crippen LogP contribution in [0.5, 0.6) is 5.88 Å². The Morgan fingerprint density at radius 3 is 2.72 bits per heavy atom. The van der Waals surface area contributed by atoms with E-state index in [4.69, 9.17) is 4.74 Å². The minimum Gasteiger partial charge on any atom is -0.471 e. The fourth-order valence-corrected chi connectivity index (χ4v) is 2.99. The van der Waals surface area contributed by atoms with Gasteiger partial charge in [-0.1, -0.05) is 0 Å². The van der Waals surface area contributed by atoms with Crippen LogP contribution in [-0.2, 0) is 19.4 Å². The molecule has 0 radical (unpaired) electrons. The third-order valence-electron chi connectivity index (χ3n) is 4.14. The van der Waals surface area contributed by atoms with Crippen LogP contribution in [0.25, 0.3) is 11.1 Å². The highest BCUT2D eigenvalue weighted by atomic mass is 19.1. The van der Waals surface area contributed by atoms with Gasteiger partial charge in [-0.25, -0.2) is 24.3 Å². The molecule has 0 N–H and O–H groups in total. The van der Waals surface area contributed by atoms with Crippen LogP contribution in [0.15, 0.2) is 36.9 Å². The molecule has 0 fully saturated rings. The molecule has 0 saturated carbocycles. The highest BCUT2D eigenvalue weighted by molar-refractivity contribution is 5.68. The molecule has 0 saturated heterocycles. The number of fused-ring (bicyclic) bond motifs is 1. The number of aromatic nitrogens is 4. The third-order valence-corrected chi connectivity index (χ3v) is 4.14. The molecule has 5 nitrogen and oxygen atoms in total. The van der Waals surface area contributed by atoms with Gasteiger partial charge in [0.25, 0.3) is 0 Å². The maximum atomic E-state index is 13.7. The van der Waals surface area contributed by atoms with Crippen molar-refractivity contribution in [1.29, 1.82) is 0 Å². The summed E-state index contributed by atoms with van der Waals surface area (Å²) >= 11 is 0. The Balaban J connectivity index is 1.66. The average Bonchev–Trinajstić information content (AvgIpc) is 3.11. The van der Waals surface area contributed by atoms with Crippen molar-refractivity contribution >= 4 is 0 Å². The number of pyridine rings is 2. The monoisotopic (exact) mass is 340 g/mol. The molecule has 0 unspecified atom stereocenters. The van der Waals surface area contributed by atoms with Crippen LogP contribution in [0.3, 0.4) is 0 Å². The van der Waals surface area contributed by atoms with E-state index in [9.17, 15) is 8.78 Å². The van der Waals surface area contributed by atoms with Gasteiger partial charge in [-0.3, -0.25) is 0 Å². The zero-order valence-electron chi connectivity index (χ0n) is 13.2. The van der Waals surface area contributed by atoms with Crippen LogP contribution in [0.4, 0.5) is 8.78 Å². The second-order valence-electron chi connectivity index (χ2n) is 5.77. The molecule has 1 aliphatic rings. The summed E-state index contributed by atoms with van der Waals surface area (Å²) in [6, 6.07) is 3.80. The van der Waals surface area contributed by atoms with Gasteiger partial charge in [0.2, 0.25) is 11.8 Å². The molecule has 1 aliphatic carbocycles. The zero-order valence-corrected chi connectivity index (χ0v) is 13.2. The van der Waals surface area contributed by atoms with Crippen molar-refractivity contribution in [3.8, 4) is 17.0 Å². The predicted octanol–water partition coefficient (Wildman–Crippen LogP) is 3.28. The van der Waals surface area contributed by atoms with Gasteiger partial charge < -0.3 is 4.74 Å². The number of nitrogens with zero attached hydrogens (tertiary/aromatic N) is 4. The lowest BCUT2D eigenvalue weighted by atomic mass is 10.0. The molecule has 25 heavy (non-hydrogen) atoms. The van der Waals surface area contributed by atoms with Gasteiger partial charge in [0.05, 0.1) is 0 Å². The molecule has 4 rings (SSSR count). The summed E-state index contributed by atoms with van der Waals surface area (Å²) < 4.78 is 32.5. The lowest BCUT2D eigenvalue weighted by Crippen LogP contribution is -2.05. The molecular weight excluding hydrogens is 326 g/mol. The van der Waals surface area contributed by atoms with E-state index in [1.807, 2.05) is 0 Å². The molecule has 0 aliphatic heterocycles. The Morgan fingerprint density at radius 1 is 1.04 bits per heavy atom. The van der Waals surface area contributed by atoms with E-state index < -0.39 is 11.8 Å². The van der Waals surface area contributed by atoms with Gasteiger partial charge in [-0.2, -0.15) is 4.39 Å². The second-order valence-corrected chi connectivity index (χ2v) is 5.77. The molecule has 0 atom stereocenters. The fourth-order valence-electron chi connectivity index (χ4n) is 2.99. The third kappa shape index (κ3) is 3.17. The van der Waals surface area contributed by atoms with Crippen LogP contribution in [0.1, 0.15) is 23.4 Å². The predicted molar refractivity (Wildman–Crippen MR) is 85.8 cm³/mol. The molecule has 3 aromatic heterocycles. The first-order chi connectivity index (χ1) is 12.2. The number of halogens is 2. The van der Waals surface area contributed by atoms with Crippen LogP contribution in [0, 0.1) is 11.8 Å². The zero-order chi connectivity index (χ0) is 17.2. The van der Waals surface area contributed by atoms with E-state index >= 15 is 0 Å². The number of rotatable bonds is 4. The fraction of sp³-hybridized carbons (Fsp3) is 0.222. The summed E-state index contributed by atoms with van der Waals surface area (Å²) in [6.45, 7) is -0.194. The van der Waals surface area contributed by atoms with E-state index in [1.54, 1.807) is 18.5 Å². The quantitative estimate of drug-likeness (QED) is 0.682. The Bertz CT molecular complexity index is 918. The van der Waals surface area contributed by atoms with Crippen LogP contribution in [0.2, 0.25) is 0 Å². The highest BCUT2D eigenvalue weighted by Gasteiger charge is 2.20. The topological polar surface area (TPSA) is 60.8 Å². The molecule has 3 heterocycles. The van der Waals surface area contributed by atoms with Crippen molar-refractivity contribution in [2.45, 2.75) is 25.9 Å². The Morgan fingerprint density at radius 2 is 1.88 bits per heavy atom. The molecule has 0 spiro atoms. The number of hydrogen-bond acceptors (Lipinski definition) is 5. The summed E-state index contributed by atoms with van der Waals surface area (Å²) in [5, 5.41) is 0. The van der Waals surface area contributed by atoms with Crippen molar-refractivity contribution in [3.05, 3.63) is 65.6 Å².